The van der Waals surface area contributed by atoms with Crippen molar-refractivity contribution >= 4 is 23.9 Å². The fourth-order valence-electron chi connectivity index (χ4n) is 0.926. The maximum absolute atomic E-state index is 10.6. The Labute approximate surface area is 128 Å². The average Bonchev–Trinajstić information content (AvgIpc) is 2.52. The summed E-state index contributed by atoms with van der Waals surface area (Å²) in [6, 6.07) is 0. The molecule has 0 aromatic heterocycles. The van der Waals surface area contributed by atoms with Crippen LogP contribution in [-0.4, -0.2) is 52.3 Å². The van der Waals surface area contributed by atoms with Crippen molar-refractivity contribution in [2.24, 2.45) is 0 Å². The van der Waals surface area contributed by atoms with Crippen molar-refractivity contribution in [3.63, 3.8) is 0 Å². The molecule has 8 heteroatoms. The first-order valence-corrected chi connectivity index (χ1v) is 5.89. The number of methoxy groups -OCH3 is 4. The Hall–Kier alpha value is -2.64. The minimum atomic E-state index is -0.588. The van der Waals surface area contributed by atoms with Gasteiger partial charge in [0.15, 0.2) is 0 Å². The highest BCUT2D eigenvalue weighted by molar-refractivity contribution is 5.93. The summed E-state index contributed by atoms with van der Waals surface area (Å²) in [5.41, 5.74) is 0.193. The highest BCUT2D eigenvalue weighted by Gasteiger charge is 2.11. The van der Waals surface area contributed by atoms with E-state index in [1.54, 1.807) is 0 Å². The predicted octanol–water partition coefficient (Wildman–Crippen LogP) is 0.557. The lowest BCUT2D eigenvalue weighted by Crippen LogP contribution is -2.09. The Balaban J connectivity index is 0. The van der Waals surface area contributed by atoms with Crippen molar-refractivity contribution in [1.82, 2.24) is 0 Å². The Kier molecular flexibility index (Phi) is 11.9. The van der Waals surface area contributed by atoms with Crippen molar-refractivity contribution in [3.05, 3.63) is 24.3 Å². The second-order valence-corrected chi connectivity index (χ2v) is 3.70. The molecule has 124 valence electrons. The largest absolute Gasteiger partial charge is 0.469 e. The highest BCUT2D eigenvalue weighted by atomic mass is 16.5. The lowest BCUT2D eigenvalue weighted by molar-refractivity contribution is -0.143. The van der Waals surface area contributed by atoms with Crippen LogP contribution in [0.2, 0.25) is 0 Å². The number of hydrogen-bond donors (Lipinski definition) is 0. The van der Waals surface area contributed by atoms with Crippen molar-refractivity contribution in [2.45, 2.75) is 12.8 Å². The zero-order valence-corrected chi connectivity index (χ0v) is 13.1. The first-order valence-electron chi connectivity index (χ1n) is 5.89. The van der Waals surface area contributed by atoms with Gasteiger partial charge in [0, 0.05) is 11.1 Å². The molecule has 0 aliphatic rings. The zero-order valence-electron chi connectivity index (χ0n) is 13.1. The summed E-state index contributed by atoms with van der Waals surface area (Å²) in [6.45, 7) is 6.68. The Morgan fingerprint density at radius 2 is 0.909 bits per heavy atom. The van der Waals surface area contributed by atoms with E-state index in [4.69, 9.17) is 0 Å². The van der Waals surface area contributed by atoms with Crippen LogP contribution >= 0.6 is 0 Å². The van der Waals surface area contributed by atoms with Crippen LogP contribution in [-0.2, 0) is 38.1 Å². The van der Waals surface area contributed by atoms with Crippen molar-refractivity contribution < 1.29 is 38.1 Å². The van der Waals surface area contributed by atoms with Crippen molar-refractivity contribution in [1.29, 1.82) is 0 Å². The van der Waals surface area contributed by atoms with Crippen LogP contribution in [0.15, 0.2) is 24.3 Å². The Morgan fingerprint density at radius 1 is 0.636 bits per heavy atom. The normalized spacial score (nSPS) is 8.55. The second-order valence-electron chi connectivity index (χ2n) is 3.70. The molecule has 0 radical (unpaired) electrons. The molecule has 0 heterocycles. The number of esters is 4. The van der Waals surface area contributed by atoms with Crippen LogP contribution in [0.25, 0.3) is 0 Å². The first kappa shape index (κ1) is 21.7. The van der Waals surface area contributed by atoms with Crippen molar-refractivity contribution in [3.8, 4) is 0 Å². The molecule has 0 aliphatic carbocycles. The molecule has 0 bridgehead atoms. The lowest BCUT2D eigenvalue weighted by Gasteiger charge is -2.00. The summed E-state index contributed by atoms with van der Waals surface area (Å²) >= 11 is 0. The Bertz CT molecular complexity index is 408. The smallest absolute Gasteiger partial charge is 0.333 e. The molecule has 0 rings (SSSR count). The lowest BCUT2D eigenvalue weighted by atomic mass is 10.2. The van der Waals surface area contributed by atoms with Crippen LogP contribution in [0, 0.1) is 0 Å². The zero-order chi connectivity index (χ0) is 17.7. The summed E-state index contributed by atoms with van der Waals surface area (Å²) in [4.78, 5) is 42.4. The SMILES string of the molecule is C=C(CC(=O)OC)C(=O)OC.C=C(CC(=O)OC)C(=O)OC. The van der Waals surface area contributed by atoms with E-state index in [9.17, 15) is 19.2 Å². The third-order valence-corrected chi connectivity index (χ3v) is 2.12. The van der Waals surface area contributed by atoms with E-state index >= 15 is 0 Å². The van der Waals surface area contributed by atoms with Crippen LogP contribution in [0.5, 0.6) is 0 Å². The van der Waals surface area contributed by atoms with Crippen LogP contribution in [0.1, 0.15) is 12.8 Å². The maximum atomic E-state index is 10.6. The minimum Gasteiger partial charge on any atom is -0.469 e. The van der Waals surface area contributed by atoms with Gasteiger partial charge in [-0.25, -0.2) is 9.59 Å². The molecular weight excluding hydrogens is 296 g/mol. The van der Waals surface area contributed by atoms with Crippen LogP contribution < -0.4 is 0 Å². The molecule has 0 aromatic rings. The predicted molar refractivity (Wildman–Crippen MR) is 75.6 cm³/mol. The average molecular weight is 316 g/mol. The maximum Gasteiger partial charge on any atom is 0.333 e. The molecule has 0 spiro atoms. The van der Waals surface area contributed by atoms with E-state index < -0.39 is 23.9 Å². The van der Waals surface area contributed by atoms with Gasteiger partial charge in [0.1, 0.15) is 0 Å². The summed E-state index contributed by atoms with van der Waals surface area (Å²) in [5.74, 6) is -2.17. The topological polar surface area (TPSA) is 105 Å². The molecule has 0 aromatic carbocycles. The molecule has 0 amide bonds. The summed E-state index contributed by atoms with van der Waals surface area (Å²) in [6.07, 6.45) is -0.244. The quantitative estimate of drug-likeness (QED) is 0.397. The van der Waals surface area contributed by atoms with Gasteiger partial charge in [0.25, 0.3) is 0 Å². The molecule has 8 nitrogen and oxygen atoms in total. The Morgan fingerprint density at radius 3 is 1.09 bits per heavy atom. The van der Waals surface area contributed by atoms with Crippen LogP contribution in [0.4, 0.5) is 0 Å². The van der Waals surface area contributed by atoms with Crippen LogP contribution in [0.3, 0.4) is 0 Å². The second kappa shape index (κ2) is 12.1. The molecule has 0 unspecified atom stereocenters. The van der Waals surface area contributed by atoms with Gasteiger partial charge in [0.2, 0.25) is 0 Å². The summed E-state index contributed by atoms with van der Waals surface area (Å²) in [5, 5.41) is 0. The molecule has 0 N–H and O–H groups in total. The number of hydrogen-bond acceptors (Lipinski definition) is 8. The molecule has 0 aliphatic heterocycles. The molecule has 0 atom stereocenters. The van der Waals surface area contributed by atoms with Crippen molar-refractivity contribution in [2.75, 3.05) is 28.4 Å². The summed E-state index contributed by atoms with van der Waals surface area (Å²) in [7, 11) is 4.94. The van der Waals surface area contributed by atoms with Gasteiger partial charge in [-0.15, -0.1) is 0 Å². The van der Waals surface area contributed by atoms with Gasteiger partial charge in [-0.1, -0.05) is 13.2 Å². The van der Waals surface area contributed by atoms with Gasteiger partial charge >= 0.3 is 23.9 Å². The monoisotopic (exact) mass is 316 g/mol. The van der Waals surface area contributed by atoms with E-state index in [1.165, 1.54) is 28.4 Å². The van der Waals surface area contributed by atoms with E-state index in [1.807, 2.05) is 0 Å². The highest BCUT2D eigenvalue weighted by Crippen LogP contribution is 2.01. The molecule has 0 saturated carbocycles. The van der Waals surface area contributed by atoms with E-state index in [0.717, 1.165) is 0 Å². The number of rotatable bonds is 6. The third-order valence-electron chi connectivity index (χ3n) is 2.12. The van der Waals surface area contributed by atoms with E-state index in [0.29, 0.717) is 0 Å². The molecule has 0 fully saturated rings. The van der Waals surface area contributed by atoms with E-state index in [-0.39, 0.29) is 24.0 Å². The molecule has 22 heavy (non-hydrogen) atoms. The molecular formula is C14H20O8. The van der Waals surface area contributed by atoms with Gasteiger partial charge in [0.05, 0.1) is 41.3 Å². The van der Waals surface area contributed by atoms with E-state index in [2.05, 4.69) is 32.1 Å². The minimum absolute atomic E-state index is 0.0966. The van der Waals surface area contributed by atoms with Gasteiger partial charge in [-0.2, -0.15) is 0 Å². The third kappa shape index (κ3) is 10.2. The molecule has 0 saturated heterocycles. The van der Waals surface area contributed by atoms with Gasteiger partial charge < -0.3 is 18.9 Å². The standard InChI is InChI=1S/2C7H10O4/c2*1-5(7(9)11-3)4-6(8)10-2/h2*1,4H2,2-3H3. The van der Waals surface area contributed by atoms with Gasteiger partial charge in [-0.05, 0) is 0 Å². The number of carbonyl (C=O) groups is 4. The number of carbonyl (C=O) groups excluding carboxylic acids is 4. The summed E-state index contributed by atoms with van der Waals surface area (Å²) < 4.78 is 17.2. The fraction of sp³-hybridized carbons (Fsp3) is 0.429. The van der Waals surface area contributed by atoms with Gasteiger partial charge in [-0.3, -0.25) is 9.59 Å². The number of ether oxygens (including phenoxy) is 4. The first-order chi connectivity index (χ1) is 10.2. The fourth-order valence-corrected chi connectivity index (χ4v) is 0.926.